The number of fused-ring (bicyclic) bond motifs is 5. The number of anilines is 1. The van der Waals surface area contributed by atoms with Gasteiger partial charge >= 0.3 is 6.03 Å². The lowest BCUT2D eigenvalue weighted by Crippen LogP contribution is -2.38. The Balaban J connectivity index is 1.50. The third-order valence-corrected chi connectivity index (χ3v) is 8.27. The number of hydrogen-bond donors (Lipinski definition) is 1. The number of halogens is 2. The molecule has 0 bridgehead atoms. The van der Waals surface area contributed by atoms with Gasteiger partial charge in [0.05, 0.1) is 18.3 Å². The number of carbonyl (C=O) groups is 1. The predicted molar refractivity (Wildman–Crippen MR) is 135 cm³/mol. The Hall–Kier alpha value is -3.09. The number of hydrogen-bond acceptors (Lipinski definition) is 2. The lowest BCUT2D eigenvalue weighted by Gasteiger charge is -2.31. The topological polar surface area (TPSA) is 37.3 Å². The van der Waals surface area contributed by atoms with Crippen molar-refractivity contribution in [3.05, 3.63) is 105 Å². The van der Waals surface area contributed by atoms with Gasteiger partial charge in [0.25, 0.3) is 0 Å². The second kappa shape index (κ2) is 8.60. The van der Waals surface area contributed by atoms with E-state index in [1.807, 2.05) is 46.6 Å². The van der Waals surface area contributed by atoms with Gasteiger partial charge in [-0.3, -0.25) is 0 Å². The van der Waals surface area contributed by atoms with Crippen LogP contribution in [-0.4, -0.2) is 15.5 Å². The van der Waals surface area contributed by atoms with E-state index in [2.05, 4.69) is 22.1 Å². The van der Waals surface area contributed by atoms with Gasteiger partial charge in [-0.15, -0.1) is 11.3 Å². The summed E-state index contributed by atoms with van der Waals surface area (Å²) in [7, 11) is 0. The maximum atomic E-state index is 13.8. The zero-order valence-corrected chi connectivity index (χ0v) is 20.0. The molecule has 1 aliphatic carbocycles. The molecule has 1 atom stereocenters. The van der Waals surface area contributed by atoms with Gasteiger partial charge < -0.3 is 14.8 Å². The SMILES string of the molecule is O=C(Nc1ccc(F)cc1)N1Cc2c(sc3c2CCCC3)-n2cccc2C1c1cccc(Cl)c1. The fraction of sp³-hybridized carbons (Fsp3) is 0.222. The highest BCUT2D eigenvalue weighted by molar-refractivity contribution is 7.15. The highest BCUT2D eigenvalue weighted by atomic mass is 35.5. The Kier molecular flexibility index (Phi) is 5.42. The molecule has 4 aromatic rings. The minimum atomic E-state index is -0.336. The fourth-order valence-electron chi connectivity index (χ4n) is 5.14. The number of carbonyl (C=O) groups excluding carboxylic acids is 1. The Bertz CT molecular complexity index is 1380. The molecular weight excluding hydrogens is 469 g/mol. The summed E-state index contributed by atoms with van der Waals surface area (Å²) in [6, 6.07) is 17.1. The molecule has 2 aliphatic rings. The van der Waals surface area contributed by atoms with Crippen LogP contribution in [0, 0.1) is 5.82 Å². The van der Waals surface area contributed by atoms with Crippen molar-refractivity contribution in [2.75, 3.05) is 5.32 Å². The maximum Gasteiger partial charge on any atom is 0.322 e. The molecule has 1 aliphatic heterocycles. The third kappa shape index (κ3) is 3.71. The van der Waals surface area contributed by atoms with Crippen LogP contribution in [0.4, 0.5) is 14.9 Å². The molecule has 0 saturated carbocycles. The van der Waals surface area contributed by atoms with E-state index in [1.54, 1.807) is 12.1 Å². The minimum absolute atomic E-state index is 0.229. The van der Waals surface area contributed by atoms with Crippen LogP contribution in [0.25, 0.3) is 5.00 Å². The number of urea groups is 1. The van der Waals surface area contributed by atoms with Gasteiger partial charge in [0, 0.05) is 27.3 Å². The fourth-order valence-corrected chi connectivity index (χ4v) is 6.75. The molecule has 6 rings (SSSR count). The highest BCUT2D eigenvalue weighted by Crippen LogP contribution is 2.44. The summed E-state index contributed by atoms with van der Waals surface area (Å²) >= 11 is 8.24. The van der Waals surface area contributed by atoms with Crippen LogP contribution in [0.5, 0.6) is 0 Å². The van der Waals surface area contributed by atoms with E-state index in [4.69, 9.17) is 11.6 Å². The molecule has 2 aromatic carbocycles. The molecule has 172 valence electrons. The number of aromatic nitrogens is 1. The van der Waals surface area contributed by atoms with E-state index in [-0.39, 0.29) is 17.9 Å². The van der Waals surface area contributed by atoms with Gasteiger partial charge in [-0.2, -0.15) is 0 Å². The summed E-state index contributed by atoms with van der Waals surface area (Å²) in [4.78, 5) is 17.1. The standard InChI is InChI=1S/C27H23ClFN3OS/c28-18-6-3-5-17(15-18)25-23-8-4-14-31(23)26-22(21-7-1-2-9-24(21)34-26)16-32(25)27(33)30-20-12-10-19(29)11-13-20/h3-6,8,10-15,25H,1-2,7,9,16H2,(H,30,33). The van der Waals surface area contributed by atoms with Crippen LogP contribution in [0.15, 0.2) is 66.9 Å². The van der Waals surface area contributed by atoms with Crippen LogP contribution in [0.1, 0.15) is 46.1 Å². The normalized spacial score (nSPS) is 16.9. The quantitative estimate of drug-likeness (QED) is 0.313. The van der Waals surface area contributed by atoms with E-state index < -0.39 is 0 Å². The number of benzene rings is 2. The van der Waals surface area contributed by atoms with Gasteiger partial charge in [-0.1, -0.05) is 23.7 Å². The van der Waals surface area contributed by atoms with Gasteiger partial charge in [0.2, 0.25) is 0 Å². The van der Waals surface area contributed by atoms with Crippen LogP contribution < -0.4 is 5.32 Å². The Morgan fingerprint density at radius 2 is 1.85 bits per heavy atom. The van der Waals surface area contributed by atoms with E-state index in [0.29, 0.717) is 17.3 Å². The van der Waals surface area contributed by atoms with Crippen molar-refractivity contribution >= 4 is 34.7 Å². The smallest absolute Gasteiger partial charge is 0.310 e. The van der Waals surface area contributed by atoms with Crippen LogP contribution in [0.2, 0.25) is 5.02 Å². The largest absolute Gasteiger partial charge is 0.322 e. The summed E-state index contributed by atoms with van der Waals surface area (Å²) in [5, 5.41) is 4.82. The summed E-state index contributed by atoms with van der Waals surface area (Å²) in [6.45, 7) is 0.493. The number of aryl methyl sites for hydroxylation is 1. The van der Waals surface area contributed by atoms with E-state index >= 15 is 0 Å². The van der Waals surface area contributed by atoms with Crippen LogP contribution >= 0.6 is 22.9 Å². The van der Waals surface area contributed by atoms with Crippen molar-refractivity contribution in [2.45, 2.75) is 38.3 Å². The molecule has 2 aromatic heterocycles. The molecule has 1 unspecified atom stereocenters. The number of nitrogens with one attached hydrogen (secondary N) is 1. The monoisotopic (exact) mass is 491 g/mol. The zero-order valence-electron chi connectivity index (χ0n) is 18.4. The number of thiophene rings is 1. The van der Waals surface area contributed by atoms with Crippen molar-refractivity contribution in [3.63, 3.8) is 0 Å². The maximum absolute atomic E-state index is 13.8. The molecule has 0 fully saturated rings. The Labute approximate surface area is 206 Å². The second-order valence-corrected chi connectivity index (χ2v) is 10.3. The first kappa shape index (κ1) is 21.4. The van der Waals surface area contributed by atoms with Crippen molar-refractivity contribution in [3.8, 4) is 5.00 Å². The molecule has 1 N–H and O–H groups in total. The number of amides is 2. The van der Waals surface area contributed by atoms with Crippen LogP contribution in [0.3, 0.4) is 0 Å². The van der Waals surface area contributed by atoms with Crippen molar-refractivity contribution < 1.29 is 9.18 Å². The first-order valence-corrected chi connectivity index (χ1v) is 12.7. The summed E-state index contributed by atoms with van der Waals surface area (Å²) < 4.78 is 15.7. The predicted octanol–water partition coefficient (Wildman–Crippen LogP) is 7.35. The molecule has 34 heavy (non-hydrogen) atoms. The average molecular weight is 492 g/mol. The molecule has 3 heterocycles. The van der Waals surface area contributed by atoms with Gasteiger partial charge in [0.1, 0.15) is 10.8 Å². The third-order valence-electron chi connectivity index (χ3n) is 6.70. The summed E-state index contributed by atoms with van der Waals surface area (Å²) in [6.07, 6.45) is 6.63. The number of rotatable bonds is 2. The first-order valence-electron chi connectivity index (χ1n) is 11.5. The minimum Gasteiger partial charge on any atom is -0.310 e. The molecule has 0 spiro atoms. The van der Waals surface area contributed by atoms with Crippen molar-refractivity contribution in [1.29, 1.82) is 0 Å². The Morgan fingerprint density at radius 3 is 2.68 bits per heavy atom. The lowest BCUT2D eigenvalue weighted by atomic mass is 9.95. The van der Waals surface area contributed by atoms with E-state index in [0.717, 1.165) is 24.1 Å². The summed E-state index contributed by atoms with van der Waals surface area (Å²) in [5.41, 5.74) is 5.16. The van der Waals surface area contributed by atoms with Gasteiger partial charge in [-0.25, -0.2) is 9.18 Å². The number of nitrogens with zero attached hydrogens (tertiary/aromatic N) is 2. The Morgan fingerprint density at radius 1 is 1.03 bits per heavy atom. The molecular formula is C27H23ClFN3OS. The second-order valence-electron chi connectivity index (χ2n) is 8.82. The molecule has 7 heteroatoms. The van der Waals surface area contributed by atoms with Gasteiger partial charge in [-0.05, 0) is 85.3 Å². The lowest BCUT2D eigenvalue weighted by molar-refractivity contribution is 0.194. The van der Waals surface area contributed by atoms with Crippen molar-refractivity contribution in [1.82, 2.24) is 9.47 Å². The highest BCUT2D eigenvalue weighted by Gasteiger charge is 2.36. The first-order chi connectivity index (χ1) is 16.6. The van der Waals surface area contributed by atoms with Crippen LogP contribution in [-0.2, 0) is 19.4 Å². The average Bonchev–Trinajstić information content (AvgIpc) is 3.42. The molecule has 4 nitrogen and oxygen atoms in total. The van der Waals surface area contributed by atoms with Crippen molar-refractivity contribution in [2.24, 2.45) is 0 Å². The summed E-state index contributed by atoms with van der Waals surface area (Å²) in [5.74, 6) is -0.336. The molecule has 0 radical (unpaired) electrons. The van der Waals surface area contributed by atoms with Gasteiger partial charge in [0.15, 0.2) is 0 Å². The van der Waals surface area contributed by atoms with E-state index in [1.165, 1.54) is 46.0 Å². The zero-order chi connectivity index (χ0) is 23.2. The molecule has 2 amide bonds. The van der Waals surface area contributed by atoms with E-state index in [9.17, 15) is 9.18 Å². The molecule has 0 saturated heterocycles.